The number of nitrogens with one attached hydrogen (secondary N) is 1. The van der Waals surface area contributed by atoms with Crippen molar-refractivity contribution in [3.63, 3.8) is 0 Å². The molecule has 2 aromatic heterocycles. The zero-order valence-corrected chi connectivity index (χ0v) is 12.5. The molecule has 20 heavy (non-hydrogen) atoms. The number of hydrogen-bond acceptors (Lipinski definition) is 4. The van der Waals surface area contributed by atoms with E-state index < -0.39 is 0 Å². The molecular weight excluding hydrogens is 250 g/mol. The van der Waals surface area contributed by atoms with Gasteiger partial charge in [0, 0.05) is 31.5 Å². The fourth-order valence-electron chi connectivity index (χ4n) is 3.10. The Morgan fingerprint density at radius 2 is 2.25 bits per heavy atom. The normalized spacial score (nSPS) is 23.2. The van der Waals surface area contributed by atoms with Crippen molar-refractivity contribution < 1.29 is 0 Å². The second-order valence-electron chi connectivity index (χ2n) is 5.81. The van der Waals surface area contributed by atoms with Crippen LogP contribution in [0.15, 0.2) is 18.6 Å². The van der Waals surface area contributed by atoms with Crippen LogP contribution in [-0.4, -0.2) is 33.5 Å². The van der Waals surface area contributed by atoms with Gasteiger partial charge in [-0.15, -0.1) is 0 Å². The van der Waals surface area contributed by atoms with Gasteiger partial charge in [-0.2, -0.15) is 0 Å². The summed E-state index contributed by atoms with van der Waals surface area (Å²) in [6.07, 6.45) is 8.28. The predicted octanol–water partition coefficient (Wildman–Crippen LogP) is 2.79. The Bertz CT molecular complexity index is 591. The maximum atomic E-state index is 4.79. The molecule has 0 spiro atoms. The first-order chi connectivity index (χ1) is 9.69. The lowest BCUT2D eigenvalue weighted by Crippen LogP contribution is -2.41. The maximum absolute atomic E-state index is 4.79. The second-order valence-corrected chi connectivity index (χ2v) is 5.81. The summed E-state index contributed by atoms with van der Waals surface area (Å²) in [5.41, 5.74) is 0.952. The van der Waals surface area contributed by atoms with Gasteiger partial charge in [-0.05, 0) is 32.6 Å². The van der Waals surface area contributed by atoms with Crippen molar-refractivity contribution in [1.82, 2.24) is 14.4 Å². The number of nitrogens with zero attached hydrogens (tertiary/aromatic N) is 4. The van der Waals surface area contributed by atoms with Crippen LogP contribution in [-0.2, 0) is 0 Å². The number of anilines is 2. The zero-order chi connectivity index (χ0) is 14.1. The van der Waals surface area contributed by atoms with Crippen molar-refractivity contribution in [2.45, 2.75) is 39.7 Å². The molecule has 1 aliphatic heterocycles. The van der Waals surface area contributed by atoms with Crippen LogP contribution in [0.3, 0.4) is 0 Å². The Hall–Kier alpha value is -1.78. The largest absolute Gasteiger partial charge is 0.369 e. The number of rotatable bonds is 3. The molecule has 1 N–H and O–H groups in total. The van der Waals surface area contributed by atoms with Crippen LogP contribution in [0.4, 0.5) is 11.6 Å². The molecule has 0 radical (unpaired) electrons. The van der Waals surface area contributed by atoms with Crippen LogP contribution in [0.25, 0.3) is 5.65 Å². The van der Waals surface area contributed by atoms with E-state index in [1.54, 1.807) is 0 Å². The fourth-order valence-corrected chi connectivity index (χ4v) is 3.10. The van der Waals surface area contributed by atoms with Crippen LogP contribution in [0.1, 0.15) is 33.6 Å². The Morgan fingerprint density at radius 1 is 1.40 bits per heavy atom. The predicted molar refractivity (Wildman–Crippen MR) is 82.4 cm³/mol. The molecule has 5 heteroatoms. The Balaban J connectivity index is 2.02. The van der Waals surface area contributed by atoms with Crippen LogP contribution in [0, 0.1) is 5.92 Å². The molecule has 2 unspecified atom stereocenters. The minimum Gasteiger partial charge on any atom is -0.369 e. The molecule has 2 atom stereocenters. The smallest absolute Gasteiger partial charge is 0.180 e. The number of hydrogen-bond donors (Lipinski definition) is 1. The number of piperidine rings is 1. The van der Waals surface area contributed by atoms with Gasteiger partial charge in [0.15, 0.2) is 11.5 Å². The number of aromatic nitrogens is 3. The molecule has 0 bridgehead atoms. The molecule has 5 nitrogen and oxygen atoms in total. The second kappa shape index (κ2) is 5.31. The van der Waals surface area contributed by atoms with Gasteiger partial charge in [-0.1, -0.05) is 6.92 Å². The van der Waals surface area contributed by atoms with Crippen LogP contribution < -0.4 is 10.2 Å². The third-order valence-electron chi connectivity index (χ3n) is 4.12. The average molecular weight is 273 g/mol. The van der Waals surface area contributed by atoms with Crippen molar-refractivity contribution in [2.24, 2.45) is 5.92 Å². The third kappa shape index (κ3) is 2.32. The first kappa shape index (κ1) is 13.2. The van der Waals surface area contributed by atoms with Crippen molar-refractivity contribution in [3.05, 3.63) is 18.6 Å². The quantitative estimate of drug-likeness (QED) is 0.934. The summed E-state index contributed by atoms with van der Waals surface area (Å²) in [5.74, 6) is 2.72. The summed E-state index contributed by atoms with van der Waals surface area (Å²) >= 11 is 0. The molecule has 0 saturated carbocycles. The Kier molecular flexibility index (Phi) is 3.51. The summed E-state index contributed by atoms with van der Waals surface area (Å²) in [7, 11) is 0. The van der Waals surface area contributed by atoms with Gasteiger partial charge in [0.25, 0.3) is 0 Å². The van der Waals surface area contributed by atoms with Crippen LogP contribution >= 0.6 is 0 Å². The monoisotopic (exact) mass is 273 g/mol. The lowest BCUT2D eigenvalue weighted by Gasteiger charge is -2.37. The van der Waals surface area contributed by atoms with E-state index in [1.807, 2.05) is 18.6 Å². The highest BCUT2D eigenvalue weighted by Crippen LogP contribution is 2.29. The van der Waals surface area contributed by atoms with Crippen LogP contribution in [0.5, 0.6) is 0 Å². The first-order valence-electron chi connectivity index (χ1n) is 7.53. The standard InChI is InChI=1S/C15H23N5/c1-4-16-13-10-19-8-6-17-14(19)15(18-13)20-7-5-11(2)9-12(20)3/h6,8,10-12,16H,4-5,7,9H2,1-3H3. The van der Waals surface area contributed by atoms with Gasteiger partial charge in [0.05, 0.1) is 6.20 Å². The van der Waals surface area contributed by atoms with E-state index in [4.69, 9.17) is 4.98 Å². The van der Waals surface area contributed by atoms with Crippen molar-refractivity contribution in [1.29, 1.82) is 0 Å². The number of imidazole rings is 1. The minimum atomic E-state index is 0.517. The van der Waals surface area contributed by atoms with E-state index in [0.29, 0.717) is 6.04 Å². The molecule has 0 aliphatic carbocycles. The zero-order valence-electron chi connectivity index (χ0n) is 12.5. The molecule has 3 rings (SSSR count). The van der Waals surface area contributed by atoms with E-state index in [9.17, 15) is 0 Å². The molecule has 3 heterocycles. The summed E-state index contributed by atoms with van der Waals surface area (Å²) in [4.78, 5) is 11.7. The molecule has 0 amide bonds. The maximum Gasteiger partial charge on any atom is 0.180 e. The van der Waals surface area contributed by atoms with Gasteiger partial charge in [-0.25, -0.2) is 9.97 Å². The molecule has 1 saturated heterocycles. The van der Waals surface area contributed by atoms with Gasteiger partial charge in [-0.3, -0.25) is 0 Å². The third-order valence-corrected chi connectivity index (χ3v) is 4.12. The van der Waals surface area contributed by atoms with Gasteiger partial charge >= 0.3 is 0 Å². The number of fused-ring (bicyclic) bond motifs is 1. The van der Waals surface area contributed by atoms with Gasteiger partial charge in [0.2, 0.25) is 0 Å². The summed E-state index contributed by atoms with van der Waals surface area (Å²) in [6, 6.07) is 0.517. The Labute approximate surface area is 120 Å². The molecule has 108 valence electrons. The SMILES string of the molecule is CCNc1cn2ccnc2c(N2CCC(C)CC2C)n1. The van der Waals surface area contributed by atoms with Crippen molar-refractivity contribution in [3.8, 4) is 0 Å². The van der Waals surface area contributed by atoms with E-state index in [2.05, 4.69) is 40.4 Å². The lowest BCUT2D eigenvalue weighted by atomic mass is 9.93. The molecule has 1 fully saturated rings. The van der Waals surface area contributed by atoms with Crippen LogP contribution in [0.2, 0.25) is 0 Å². The molecule has 0 aromatic carbocycles. The van der Waals surface area contributed by atoms with Gasteiger partial charge < -0.3 is 14.6 Å². The first-order valence-corrected chi connectivity index (χ1v) is 7.53. The lowest BCUT2D eigenvalue weighted by molar-refractivity contribution is 0.376. The Morgan fingerprint density at radius 3 is 3.00 bits per heavy atom. The fraction of sp³-hybridized carbons (Fsp3) is 0.600. The average Bonchev–Trinajstić information content (AvgIpc) is 2.86. The highest BCUT2D eigenvalue weighted by molar-refractivity contribution is 5.67. The minimum absolute atomic E-state index is 0.517. The summed E-state index contributed by atoms with van der Waals surface area (Å²) < 4.78 is 2.06. The molecular formula is C15H23N5. The topological polar surface area (TPSA) is 45.5 Å². The van der Waals surface area contributed by atoms with Crippen molar-refractivity contribution in [2.75, 3.05) is 23.3 Å². The highest BCUT2D eigenvalue weighted by atomic mass is 15.3. The molecule has 1 aliphatic rings. The summed E-state index contributed by atoms with van der Waals surface area (Å²) in [6.45, 7) is 8.65. The van der Waals surface area contributed by atoms with E-state index >= 15 is 0 Å². The van der Waals surface area contributed by atoms with E-state index in [0.717, 1.165) is 36.3 Å². The highest BCUT2D eigenvalue weighted by Gasteiger charge is 2.26. The van der Waals surface area contributed by atoms with Crippen molar-refractivity contribution >= 4 is 17.3 Å². The van der Waals surface area contributed by atoms with E-state index in [1.165, 1.54) is 12.8 Å². The van der Waals surface area contributed by atoms with Gasteiger partial charge in [0.1, 0.15) is 5.82 Å². The van der Waals surface area contributed by atoms with E-state index in [-0.39, 0.29) is 0 Å². The summed E-state index contributed by atoms with van der Waals surface area (Å²) in [5, 5.41) is 3.31. The molecule has 2 aromatic rings.